The molecule has 2 unspecified atom stereocenters. The fourth-order valence-corrected chi connectivity index (χ4v) is 2.66. The fourth-order valence-electron chi connectivity index (χ4n) is 2.66. The molecule has 0 saturated carbocycles. The van der Waals surface area contributed by atoms with Crippen LogP contribution >= 0.6 is 0 Å². The minimum atomic E-state index is -1.38. The molecule has 1 aliphatic rings. The van der Waals surface area contributed by atoms with Crippen LogP contribution in [0.25, 0.3) is 0 Å². The van der Waals surface area contributed by atoms with E-state index in [1.807, 2.05) is 6.07 Å². The number of carboxylic acids is 1. The van der Waals surface area contributed by atoms with Crippen LogP contribution in [-0.2, 0) is 15.1 Å². The summed E-state index contributed by atoms with van der Waals surface area (Å²) in [5.41, 5.74) is -0.805. The van der Waals surface area contributed by atoms with Gasteiger partial charge in [0.25, 0.3) is 0 Å². The predicted molar refractivity (Wildman–Crippen MR) is 79.8 cm³/mol. The van der Waals surface area contributed by atoms with Crippen molar-refractivity contribution in [3.05, 3.63) is 35.9 Å². The smallest absolute Gasteiger partial charge is 0.333 e. The Labute approximate surface area is 124 Å². The highest BCUT2D eigenvalue weighted by molar-refractivity contribution is 5.87. The lowest BCUT2D eigenvalue weighted by molar-refractivity contribution is -0.147. The Morgan fingerprint density at radius 2 is 2.10 bits per heavy atom. The van der Waals surface area contributed by atoms with E-state index in [1.54, 1.807) is 24.3 Å². The molecule has 5 nitrogen and oxygen atoms in total. The van der Waals surface area contributed by atoms with E-state index in [0.29, 0.717) is 17.9 Å². The molecule has 0 aromatic heterocycles. The third kappa shape index (κ3) is 3.82. The van der Waals surface area contributed by atoms with Crippen LogP contribution in [0.4, 0.5) is 0 Å². The molecule has 0 radical (unpaired) electrons. The first-order valence-corrected chi connectivity index (χ1v) is 7.33. The molecule has 114 valence electrons. The van der Waals surface area contributed by atoms with E-state index in [-0.39, 0.29) is 5.91 Å². The van der Waals surface area contributed by atoms with E-state index >= 15 is 0 Å². The number of amides is 1. The van der Waals surface area contributed by atoms with Gasteiger partial charge in [-0.3, -0.25) is 4.79 Å². The average molecular weight is 290 g/mol. The molecule has 1 fully saturated rings. The molecule has 1 aromatic rings. The van der Waals surface area contributed by atoms with Gasteiger partial charge >= 0.3 is 5.97 Å². The normalized spacial score (nSPS) is 20.7. The topological polar surface area (TPSA) is 78.4 Å². The minimum Gasteiger partial charge on any atom is -0.479 e. The van der Waals surface area contributed by atoms with Gasteiger partial charge in [0.15, 0.2) is 5.54 Å². The molecular weight excluding hydrogens is 268 g/mol. The molecule has 1 heterocycles. The Morgan fingerprint density at radius 1 is 1.38 bits per heavy atom. The van der Waals surface area contributed by atoms with Crippen molar-refractivity contribution in [1.29, 1.82) is 0 Å². The second-order valence-corrected chi connectivity index (χ2v) is 5.74. The summed E-state index contributed by atoms with van der Waals surface area (Å²) in [6.45, 7) is 3.48. The summed E-state index contributed by atoms with van der Waals surface area (Å²) in [5.74, 6) is -0.746. The lowest BCUT2D eigenvalue weighted by atomic mass is 9.91. The number of aliphatic carboxylic acids is 1. The maximum absolute atomic E-state index is 12.1. The van der Waals surface area contributed by atoms with E-state index < -0.39 is 11.5 Å². The molecular formula is C16H22N2O3. The van der Waals surface area contributed by atoms with Crippen LogP contribution in [0.15, 0.2) is 30.3 Å². The SMILES string of the molecule is CC(NC(=O)CCC1CCNC1)(C(=O)O)c1ccccc1. The Bertz CT molecular complexity index is 498. The third-order valence-electron chi connectivity index (χ3n) is 4.11. The quantitative estimate of drug-likeness (QED) is 0.742. The minimum absolute atomic E-state index is 0.212. The Hall–Kier alpha value is -1.88. The van der Waals surface area contributed by atoms with Gasteiger partial charge in [-0.15, -0.1) is 0 Å². The van der Waals surface area contributed by atoms with Crippen LogP contribution in [0.5, 0.6) is 0 Å². The largest absolute Gasteiger partial charge is 0.479 e. The number of nitrogens with one attached hydrogen (secondary N) is 2. The van der Waals surface area contributed by atoms with Crippen molar-refractivity contribution in [2.45, 2.75) is 31.7 Å². The van der Waals surface area contributed by atoms with E-state index in [0.717, 1.165) is 25.9 Å². The van der Waals surface area contributed by atoms with Crippen molar-refractivity contribution >= 4 is 11.9 Å². The molecule has 1 aliphatic heterocycles. The second-order valence-electron chi connectivity index (χ2n) is 5.74. The number of carboxylic acid groups (broad SMARTS) is 1. The molecule has 21 heavy (non-hydrogen) atoms. The van der Waals surface area contributed by atoms with Crippen LogP contribution in [-0.4, -0.2) is 30.1 Å². The van der Waals surface area contributed by atoms with Gasteiger partial charge in [-0.1, -0.05) is 30.3 Å². The van der Waals surface area contributed by atoms with Gasteiger partial charge in [0.2, 0.25) is 5.91 Å². The van der Waals surface area contributed by atoms with E-state index in [1.165, 1.54) is 6.92 Å². The standard InChI is InChI=1S/C16H22N2O3/c1-16(15(20)21,13-5-3-2-4-6-13)18-14(19)8-7-12-9-10-17-11-12/h2-6,12,17H,7-11H2,1H3,(H,18,19)(H,20,21). The summed E-state index contributed by atoms with van der Waals surface area (Å²) >= 11 is 0. The van der Waals surface area contributed by atoms with E-state index in [2.05, 4.69) is 10.6 Å². The van der Waals surface area contributed by atoms with Crippen molar-refractivity contribution in [3.63, 3.8) is 0 Å². The highest BCUT2D eigenvalue weighted by Crippen LogP contribution is 2.22. The van der Waals surface area contributed by atoms with Gasteiger partial charge in [-0.05, 0) is 44.3 Å². The molecule has 1 amide bonds. The van der Waals surface area contributed by atoms with Crippen LogP contribution in [0.2, 0.25) is 0 Å². The number of hydrogen-bond donors (Lipinski definition) is 3. The zero-order valence-electron chi connectivity index (χ0n) is 12.3. The van der Waals surface area contributed by atoms with Crippen molar-refractivity contribution in [2.24, 2.45) is 5.92 Å². The maximum atomic E-state index is 12.1. The summed E-state index contributed by atoms with van der Waals surface area (Å²) in [7, 11) is 0. The molecule has 2 atom stereocenters. The summed E-state index contributed by atoms with van der Waals surface area (Å²) in [6.07, 6.45) is 2.24. The molecule has 1 saturated heterocycles. The van der Waals surface area contributed by atoms with Gasteiger partial charge in [-0.25, -0.2) is 4.79 Å². The van der Waals surface area contributed by atoms with Crippen LogP contribution < -0.4 is 10.6 Å². The van der Waals surface area contributed by atoms with Gasteiger partial charge in [-0.2, -0.15) is 0 Å². The monoisotopic (exact) mass is 290 g/mol. The Balaban J connectivity index is 1.99. The summed E-state index contributed by atoms with van der Waals surface area (Å²) in [5, 5.41) is 15.4. The van der Waals surface area contributed by atoms with Crippen molar-refractivity contribution in [3.8, 4) is 0 Å². The zero-order chi connectivity index (χ0) is 15.3. The van der Waals surface area contributed by atoms with Crippen LogP contribution in [0.1, 0.15) is 31.7 Å². The first-order chi connectivity index (χ1) is 10.0. The Morgan fingerprint density at radius 3 is 2.67 bits per heavy atom. The second kappa shape index (κ2) is 6.72. The third-order valence-corrected chi connectivity index (χ3v) is 4.11. The van der Waals surface area contributed by atoms with E-state index in [4.69, 9.17) is 0 Å². The summed E-state index contributed by atoms with van der Waals surface area (Å²) in [4.78, 5) is 23.7. The number of carbonyl (C=O) groups is 2. The number of rotatable bonds is 6. The maximum Gasteiger partial charge on any atom is 0.333 e. The molecule has 2 rings (SSSR count). The van der Waals surface area contributed by atoms with Crippen molar-refractivity contribution < 1.29 is 14.7 Å². The van der Waals surface area contributed by atoms with Gasteiger partial charge in [0.1, 0.15) is 0 Å². The zero-order valence-corrected chi connectivity index (χ0v) is 12.3. The first-order valence-electron chi connectivity index (χ1n) is 7.33. The molecule has 5 heteroatoms. The number of hydrogen-bond acceptors (Lipinski definition) is 3. The predicted octanol–water partition coefficient (Wildman–Crippen LogP) is 1.49. The highest BCUT2D eigenvalue weighted by atomic mass is 16.4. The lowest BCUT2D eigenvalue weighted by Crippen LogP contribution is -2.49. The fraction of sp³-hybridized carbons (Fsp3) is 0.500. The number of carbonyl (C=O) groups excluding carboxylic acids is 1. The first kappa shape index (κ1) is 15.5. The summed E-state index contributed by atoms with van der Waals surface area (Å²) < 4.78 is 0. The van der Waals surface area contributed by atoms with Crippen molar-refractivity contribution in [1.82, 2.24) is 10.6 Å². The molecule has 1 aromatic carbocycles. The highest BCUT2D eigenvalue weighted by Gasteiger charge is 2.36. The number of benzene rings is 1. The lowest BCUT2D eigenvalue weighted by Gasteiger charge is -2.27. The molecule has 3 N–H and O–H groups in total. The van der Waals surface area contributed by atoms with Crippen LogP contribution in [0, 0.1) is 5.92 Å². The molecule has 0 bridgehead atoms. The average Bonchev–Trinajstić information content (AvgIpc) is 2.99. The van der Waals surface area contributed by atoms with Gasteiger partial charge in [0.05, 0.1) is 0 Å². The molecule has 0 spiro atoms. The molecule has 0 aliphatic carbocycles. The Kier molecular flexibility index (Phi) is 4.96. The van der Waals surface area contributed by atoms with Gasteiger partial charge < -0.3 is 15.7 Å². The van der Waals surface area contributed by atoms with E-state index in [9.17, 15) is 14.7 Å². The van der Waals surface area contributed by atoms with Gasteiger partial charge in [0, 0.05) is 6.42 Å². The van der Waals surface area contributed by atoms with Crippen LogP contribution in [0.3, 0.4) is 0 Å². The summed E-state index contributed by atoms with van der Waals surface area (Å²) in [6, 6.07) is 8.80. The van der Waals surface area contributed by atoms with Crippen molar-refractivity contribution in [2.75, 3.05) is 13.1 Å².